The van der Waals surface area contributed by atoms with E-state index in [1.165, 1.54) is 4.90 Å². The van der Waals surface area contributed by atoms with E-state index in [-0.39, 0.29) is 31.4 Å². The van der Waals surface area contributed by atoms with Crippen LogP contribution < -0.4 is 5.32 Å². The molecule has 0 aromatic heterocycles. The molecule has 2 aromatic carbocycles. The number of benzene rings is 2. The van der Waals surface area contributed by atoms with Crippen LogP contribution in [0.2, 0.25) is 0 Å². The first-order valence-corrected chi connectivity index (χ1v) is 11.7. The van der Waals surface area contributed by atoms with Crippen LogP contribution >= 0.6 is 0 Å². The van der Waals surface area contributed by atoms with E-state index in [1.54, 1.807) is 0 Å². The number of amides is 2. The Bertz CT molecular complexity index is 1010. The van der Waals surface area contributed by atoms with Gasteiger partial charge in [-0.15, -0.1) is 0 Å². The molecule has 2 unspecified atom stereocenters. The minimum absolute atomic E-state index is 0.0496. The number of rotatable bonds is 9. The third kappa shape index (κ3) is 5.07. The first kappa shape index (κ1) is 23.8. The van der Waals surface area contributed by atoms with Gasteiger partial charge in [0.05, 0.1) is 12.5 Å². The van der Waals surface area contributed by atoms with E-state index in [1.807, 2.05) is 31.2 Å². The van der Waals surface area contributed by atoms with Crippen molar-refractivity contribution < 1.29 is 29.0 Å². The fraction of sp³-hybridized carbons (Fsp3) is 0.423. The Morgan fingerprint density at radius 2 is 1.71 bits per heavy atom. The van der Waals surface area contributed by atoms with Crippen molar-refractivity contribution in [2.45, 2.75) is 44.2 Å². The molecule has 8 nitrogen and oxygen atoms in total. The molecule has 1 fully saturated rings. The van der Waals surface area contributed by atoms with Crippen LogP contribution in [0.1, 0.15) is 43.2 Å². The van der Waals surface area contributed by atoms with E-state index in [4.69, 9.17) is 14.6 Å². The average Bonchev–Trinajstić information content (AvgIpc) is 3.42. The zero-order chi connectivity index (χ0) is 24.1. The monoisotopic (exact) mass is 466 g/mol. The van der Waals surface area contributed by atoms with Gasteiger partial charge in [0.1, 0.15) is 6.61 Å². The van der Waals surface area contributed by atoms with Gasteiger partial charge in [-0.1, -0.05) is 55.5 Å². The highest BCUT2D eigenvalue weighted by molar-refractivity contribution is 5.83. The highest BCUT2D eigenvalue weighted by Crippen LogP contribution is 2.44. The summed E-state index contributed by atoms with van der Waals surface area (Å²) in [7, 11) is 0. The van der Waals surface area contributed by atoms with Crippen molar-refractivity contribution >= 4 is 18.0 Å². The SMILES string of the molecule is CCCN(CCC(=O)O)C(=O)C1OCCC1NC(=O)OCC1c2ccccc2-c2ccccc21. The highest BCUT2D eigenvalue weighted by Gasteiger charge is 2.38. The molecule has 180 valence electrons. The Kier molecular flexibility index (Phi) is 7.47. The summed E-state index contributed by atoms with van der Waals surface area (Å²) in [4.78, 5) is 38.1. The van der Waals surface area contributed by atoms with Crippen LogP contribution in [0.15, 0.2) is 48.5 Å². The van der Waals surface area contributed by atoms with Crippen molar-refractivity contribution in [3.63, 3.8) is 0 Å². The average molecular weight is 467 g/mol. The molecule has 1 aliphatic carbocycles. The summed E-state index contributed by atoms with van der Waals surface area (Å²) >= 11 is 0. The summed E-state index contributed by atoms with van der Waals surface area (Å²) in [6, 6.07) is 15.7. The molecule has 1 saturated heterocycles. The van der Waals surface area contributed by atoms with Gasteiger partial charge < -0.3 is 24.8 Å². The number of hydrogen-bond donors (Lipinski definition) is 2. The van der Waals surface area contributed by atoms with Crippen LogP contribution in [0.3, 0.4) is 0 Å². The lowest BCUT2D eigenvalue weighted by atomic mass is 9.98. The number of carboxylic acid groups (broad SMARTS) is 1. The Morgan fingerprint density at radius 1 is 1.06 bits per heavy atom. The van der Waals surface area contributed by atoms with Gasteiger partial charge in [-0.2, -0.15) is 0 Å². The Morgan fingerprint density at radius 3 is 2.32 bits per heavy atom. The van der Waals surface area contributed by atoms with E-state index >= 15 is 0 Å². The maximum absolute atomic E-state index is 13.0. The normalized spacial score (nSPS) is 18.7. The maximum atomic E-state index is 13.0. The molecule has 2 N–H and O–H groups in total. The molecule has 34 heavy (non-hydrogen) atoms. The zero-order valence-corrected chi connectivity index (χ0v) is 19.2. The molecular formula is C26H30N2O6. The minimum Gasteiger partial charge on any atom is -0.481 e. The number of carbonyl (C=O) groups is 3. The number of carbonyl (C=O) groups excluding carboxylic acids is 2. The smallest absolute Gasteiger partial charge is 0.407 e. The summed E-state index contributed by atoms with van der Waals surface area (Å²) < 4.78 is 11.2. The summed E-state index contributed by atoms with van der Waals surface area (Å²) in [5.74, 6) is -1.31. The molecule has 0 spiro atoms. The number of hydrogen-bond acceptors (Lipinski definition) is 5. The molecule has 2 aromatic rings. The molecule has 0 radical (unpaired) electrons. The number of ether oxygens (including phenoxy) is 2. The zero-order valence-electron chi connectivity index (χ0n) is 19.2. The van der Waals surface area contributed by atoms with Crippen LogP contribution in [-0.2, 0) is 19.1 Å². The van der Waals surface area contributed by atoms with Gasteiger partial charge >= 0.3 is 12.1 Å². The molecule has 2 amide bonds. The topological polar surface area (TPSA) is 105 Å². The van der Waals surface area contributed by atoms with Crippen LogP contribution in [0.4, 0.5) is 4.79 Å². The van der Waals surface area contributed by atoms with Crippen molar-refractivity contribution in [3.8, 4) is 11.1 Å². The van der Waals surface area contributed by atoms with Crippen molar-refractivity contribution in [3.05, 3.63) is 59.7 Å². The maximum Gasteiger partial charge on any atom is 0.407 e. The lowest BCUT2D eigenvalue weighted by Crippen LogP contribution is -2.50. The molecule has 4 rings (SSSR count). The fourth-order valence-electron chi connectivity index (χ4n) is 4.78. The molecular weight excluding hydrogens is 436 g/mol. The molecule has 2 atom stereocenters. The first-order valence-electron chi connectivity index (χ1n) is 11.7. The number of aliphatic carboxylic acids is 1. The van der Waals surface area contributed by atoms with Crippen LogP contribution in [0.5, 0.6) is 0 Å². The lowest BCUT2D eigenvalue weighted by molar-refractivity contribution is -0.143. The van der Waals surface area contributed by atoms with Gasteiger partial charge in [0, 0.05) is 25.6 Å². The molecule has 0 bridgehead atoms. The number of nitrogens with zero attached hydrogens (tertiary/aromatic N) is 1. The summed E-state index contributed by atoms with van der Waals surface area (Å²) in [6.07, 6.45) is -0.395. The van der Waals surface area contributed by atoms with Gasteiger partial charge in [0.15, 0.2) is 6.10 Å². The fourth-order valence-corrected chi connectivity index (χ4v) is 4.78. The summed E-state index contributed by atoms with van der Waals surface area (Å²) in [5.41, 5.74) is 4.56. The van der Waals surface area contributed by atoms with Crippen molar-refractivity contribution in [1.82, 2.24) is 10.2 Å². The minimum atomic E-state index is -0.963. The summed E-state index contributed by atoms with van der Waals surface area (Å²) in [5, 5.41) is 11.8. The van der Waals surface area contributed by atoms with Crippen LogP contribution in [0, 0.1) is 0 Å². The van der Waals surface area contributed by atoms with Crippen LogP contribution in [-0.4, -0.2) is 66.4 Å². The number of carboxylic acids is 1. The van der Waals surface area contributed by atoms with E-state index in [0.717, 1.165) is 22.3 Å². The van der Waals surface area contributed by atoms with Crippen molar-refractivity contribution in [2.24, 2.45) is 0 Å². The number of nitrogens with one attached hydrogen (secondary N) is 1. The predicted octanol–water partition coefficient (Wildman–Crippen LogP) is 3.40. The van der Waals surface area contributed by atoms with Gasteiger partial charge in [-0.25, -0.2) is 4.79 Å². The van der Waals surface area contributed by atoms with Crippen LogP contribution in [0.25, 0.3) is 11.1 Å². The first-order chi connectivity index (χ1) is 16.5. The predicted molar refractivity (Wildman–Crippen MR) is 125 cm³/mol. The van der Waals surface area contributed by atoms with Crippen molar-refractivity contribution in [1.29, 1.82) is 0 Å². The highest BCUT2D eigenvalue weighted by atomic mass is 16.6. The Hall–Kier alpha value is -3.39. The molecule has 8 heteroatoms. The molecule has 1 heterocycles. The Balaban J connectivity index is 1.37. The number of alkyl carbamates (subject to hydrolysis) is 1. The summed E-state index contributed by atoms with van der Waals surface area (Å²) in [6.45, 7) is 2.99. The van der Waals surface area contributed by atoms with Crippen molar-refractivity contribution in [2.75, 3.05) is 26.3 Å². The van der Waals surface area contributed by atoms with E-state index in [9.17, 15) is 14.4 Å². The molecule has 1 aliphatic heterocycles. The standard InChI is InChI=1S/C26H30N2O6/c1-2-13-28(14-11-23(29)30)25(31)24-22(12-15-33-24)27-26(32)34-16-21-19-9-5-3-7-17(19)18-8-4-6-10-20(18)21/h3-10,21-22,24H,2,11-16H2,1H3,(H,27,32)(H,29,30). The van der Waals surface area contributed by atoms with E-state index < -0.39 is 24.2 Å². The second kappa shape index (κ2) is 10.7. The third-order valence-corrected chi connectivity index (χ3v) is 6.38. The second-order valence-electron chi connectivity index (χ2n) is 8.63. The largest absolute Gasteiger partial charge is 0.481 e. The lowest BCUT2D eigenvalue weighted by Gasteiger charge is -2.27. The van der Waals surface area contributed by atoms with Gasteiger partial charge in [-0.05, 0) is 35.1 Å². The number of fused-ring (bicyclic) bond motifs is 3. The second-order valence-corrected chi connectivity index (χ2v) is 8.63. The quantitative estimate of drug-likeness (QED) is 0.587. The molecule has 2 aliphatic rings. The third-order valence-electron chi connectivity index (χ3n) is 6.38. The van der Waals surface area contributed by atoms with Gasteiger partial charge in [0.25, 0.3) is 5.91 Å². The van der Waals surface area contributed by atoms with E-state index in [2.05, 4.69) is 29.6 Å². The van der Waals surface area contributed by atoms with Gasteiger partial charge in [-0.3, -0.25) is 9.59 Å². The van der Waals surface area contributed by atoms with E-state index in [0.29, 0.717) is 26.0 Å². The van der Waals surface area contributed by atoms with Gasteiger partial charge in [0.2, 0.25) is 0 Å². The molecule has 0 saturated carbocycles. The Labute approximate surface area is 198 Å².